The zero-order chi connectivity index (χ0) is 27.2. The molecule has 0 radical (unpaired) electrons. The average Bonchev–Trinajstić information content (AvgIpc) is 3.19. The lowest BCUT2D eigenvalue weighted by Gasteiger charge is -2.32. The number of ether oxygens (including phenoxy) is 1. The van der Waals surface area contributed by atoms with Crippen molar-refractivity contribution in [3.05, 3.63) is 77.8 Å². The fraction of sp³-hybridized carbons (Fsp3) is 0.467. The summed E-state index contributed by atoms with van der Waals surface area (Å²) in [6.45, 7) is 13.2. The highest BCUT2D eigenvalue weighted by Crippen LogP contribution is 2.35. The molecule has 0 amide bonds. The van der Waals surface area contributed by atoms with Crippen molar-refractivity contribution in [1.29, 1.82) is 0 Å². The summed E-state index contributed by atoms with van der Waals surface area (Å²) in [4.78, 5) is 16.9. The lowest BCUT2D eigenvalue weighted by Crippen LogP contribution is -2.35. The van der Waals surface area contributed by atoms with E-state index in [0.29, 0.717) is 31.6 Å². The van der Waals surface area contributed by atoms with Gasteiger partial charge >= 0.3 is 5.97 Å². The van der Waals surface area contributed by atoms with Crippen LogP contribution >= 0.6 is 0 Å². The first kappa shape index (κ1) is 28.5. The minimum absolute atomic E-state index is 0.137. The van der Waals surface area contributed by atoms with Crippen molar-refractivity contribution in [2.24, 2.45) is 5.41 Å². The fourth-order valence-corrected chi connectivity index (χ4v) is 4.21. The number of nitrogens with zero attached hydrogens (tertiary/aromatic N) is 2. The van der Waals surface area contributed by atoms with Crippen LogP contribution in [0, 0.1) is 17.0 Å². The Hall–Kier alpha value is -3.06. The molecule has 5 nitrogen and oxygen atoms in total. The summed E-state index contributed by atoms with van der Waals surface area (Å²) in [5.41, 5.74) is 0.906. The maximum Gasteiger partial charge on any atom is 0.306 e. The first-order valence-electron chi connectivity index (χ1n) is 12.8. The second kappa shape index (κ2) is 12.0. The zero-order valence-electron chi connectivity index (χ0n) is 22.8. The Labute approximate surface area is 219 Å². The third kappa shape index (κ3) is 8.49. The molecule has 3 aromatic rings. The van der Waals surface area contributed by atoms with Crippen molar-refractivity contribution < 1.29 is 18.3 Å². The van der Waals surface area contributed by atoms with Gasteiger partial charge in [-0.3, -0.25) is 4.79 Å². The van der Waals surface area contributed by atoms with Crippen LogP contribution in [0.1, 0.15) is 78.2 Å². The molecule has 7 heteroatoms. The van der Waals surface area contributed by atoms with E-state index in [1.165, 1.54) is 6.07 Å². The lowest BCUT2D eigenvalue weighted by molar-refractivity contribution is -0.154. The molecule has 2 aromatic carbocycles. The maximum absolute atomic E-state index is 14.6. The van der Waals surface area contributed by atoms with Crippen LogP contribution in [0.3, 0.4) is 0 Å². The van der Waals surface area contributed by atoms with Crippen molar-refractivity contribution in [1.82, 2.24) is 14.9 Å². The summed E-state index contributed by atoms with van der Waals surface area (Å²) in [5.74, 6) is -0.465. The van der Waals surface area contributed by atoms with E-state index in [-0.39, 0.29) is 23.0 Å². The quantitative estimate of drug-likeness (QED) is 0.234. The number of rotatable bonds is 10. The van der Waals surface area contributed by atoms with Crippen molar-refractivity contribution in [2.45, 2.75) is 79.0 Å². The van der Waals surface area contributed by atoms with E-state index < -0.39 is 17.2 Å². The van der Waals surface area contributed by atoms with Gasteiger partial charge in [-0.1, -0.05) is 51.1 Å². The molecule has 3 rings (SSSR count). The summed E-state index contributed by atoms with van der Waals surface area (Å²) in [6.07, 6.45) is 3.65. The SMILES string of the molecule is CC(C)(C)OC(=O)CCCCN[C@@H](c1nc(-c2cc(F)ccc2F)cn1Cc1ccccc1)C(C)(C)C. The molecule has 1 heterocycles. The van der Waals surface area contributed by atoms with Crippen LogP contribution in [0.15, 0.2) is 54.7 Å². The van der Waals surface area contributed by atoms with Crippen LogP contribution in [-0.4, -0.2) is 27.7 Å². The van der Waals surface area contributed by atoms with Gasteiger partial charge in [0.15, 0.2) is 0 Å². The van der Waals surface area contributed by atoms with E-state index in [0.717, 1.165) is 29.9 Å². The number of aromatic nitrogens is 2. The number of imidazole rings is 1. The van der Waals surface area contributed by atoms with Gasteiger partial charge in [-0.25, -0.2) is 13.8 Å². The number of carbonyl (C=O) groups excluding carboxylic acids is 1. The summed E-state index contributed by atoms with van der Waals surface area (Å²) in [7, 11) is 0. The second-order valence-electron chi connectivity index (χ2n) is 11.5. The lowest BCUT2D eigenvalue weighted by atomic mass is 9.86. The topological polar surface area (TPSA) is 56.1 Å². The molecule has 0 spiro atoms. The molecule has 0 bridgehead atoms. The van der Waals surface area contributed by atoms with E-state index in [9.17, 15) is 13.6 Å². The Morgan fingerprint density at radius 1 is 1.03 bits per heavy atom. The first-order valence-corrected chi connectivity index (χ1v) is 12.8. The molecule has 0 saturated heterocycles. The van der Waals surface area contributed by atoms with Gasteiger partial charge in [-0.05, 0) is 69.3 Å². The van der Waals surface area contributed by atoms with Crippen LogP contribution in [0.5, 0.6) is 0 Å². The summed E-state index contributed by atoms with van der Waals surface area (Å²) >= 11 is 0. The Kier molecular flexibility index (Phi) is 9.24. The number of hydrogen-bond donors (Lipinski definition) is 1. The molecule has 1 N–H and O–H groups in total. The van der Waals surface area contributed by atoms with Gasteiger partial charge in [0.25, 0.3) is 0 Å². The molecule has 0 aliphatic heterocycles. The van der Waals surface area contributed by atoms with Gasteiger partial charge < -0.3 is 14.6 Å². The highest BCUT2D eigenvalue weighted by atomic mass is 19.1. The summed E-state index contributed by atoms with van der Waals surface area (Å²) < 4.78 is 36.0. The van der Waals surface area contributed by atoms with Crippen molar-refractivity contribution >= 4 is 5.97 Å². The molecule has 1 aromatic heterocycles. The second-order valence-corrected chi connectivity index (χ2v) is 11.5. The Morgan fingerprint density at radius 2 is 1.73 bits per heavy atom. The summed E-state index contributed by atoms with van der Waals surface area (Å²) in [5, 5.41) is 3.61. The molecule has 0 aliphatic rings. The highest BCUT2D eigenvalue weighted by molar-refractivity contribution is 5.69. The molecule has 0 unspecified atom stereocenters. The van der Waals surface area contributed by atoms with Gasteiger partial charge in [0.1, 0.15) is 23.1 Å². The molecular formula is C30H39F2N3O2. The van der Waals surface area contributed by atoms with Crippen LogP contribution < -0.4 is 5.32 Å². The Bertz CT molecular complexity index is 1180. The largest absolute Gasteiger partial charge is 0.460 e. The van der Waals surface area contributed by atoms with E-state index >= 15 is 0 Å². The van der Waals surface area contributed by atoms with Crippen LogP contribution in [0.25, 0.3) is 11.3 Å². The number of halogens is 2. The Balaban J connectivity index is 1.83. The van der Waals surface area contributed by atoms with Crippen molar-refractivity contribution in [3.63, 3.8) is 0 Å². The number of hydrogen-bond acceptors (Lipinski definition) is 4. The third-order valence-electron chi connectivity index (χ3n) is 5.91. The number of esters is 1. The molecule has 200 valence electrons. The third-order valence-corrected chi connectivity index (χ3v) is 5.91. The van der Waals surface area contributed by atoms with Crippen LogP contribution in [0.2, 0.25) is 0 Å². The van der Waals surface area contributed by atoms with Crippen LogP contribution in [0.4, 0.5) is 8.78 Å². The predicted molar refractivity (Wildman–Crippen MR) is 143 cm³/mol. The van der Waals surface area contributed by atoms with Crippen molar-refractivity contribution in [3.8, 4) is 11.3 Å². The van der Waals surface area contributed by atoms with Gasteiger partial charge in [0.2, 0.25) is 0 Å². The average molecular weight is 512 g/mol. The smallest absolute Gasteiger partial charge is 0.306 e. The number of unbranched alkanes of at least 4 members (excludes halogenated alkanes) is 1. The molecular weight excluding hydrogens is 472 g/mol. The zero-order valence-corrected chi connectivity index (χ0v) is 22.8. The standard InChI is InChI=1S/C30H39F2N3O2/c1-29(2,3)27(33-17-11-10-14-26(36)37-30(4,5)6)28-34-25(23-18-22(31)15-16-24(23)32)20-35(28)19-21-12-8-7-9-13-21/h7-9,12-13,15-16,18,20,27,33H,10-11,14,17,19H2,1-6H3/t27-/m0/s1. The molecule has 1 atom stereocenters. The Morgan fingerprint density at radius 3 is 2.38 bits per heavy atom. The monoisotopic (exact) mass is 511 g/mol. The molecule has 0 aliphatic carbocycles. The van der Waals surface area contributed by atoms with E-state index in [1.807, 2.05) is 55.7 Å². The van der Waals surface area contributed by atoms with Crippen LogP contribution in [-0.2, 0) is 16.1 Å². The van der Waals surface area contributed by atoms with Gasteiger partial charge in [0.05, 0.1) is 11.7 Å². The minimum Gasteiger partial charge on any atom is -0.460 e. The molecule has 0 fully saturated rings. The number of benzene rings is 2. The molecule has 37 heavy (non-hydrogen) atoms. The molecule has 0 saturated carbocycles. The van der Waals surface area contributed by atoms with E-state index in [1.54, 1.807) is 6.20 Å². The van der Waals surface area contributed by atoms with E-state index in [2.05, 4.69) is 26.1 Å². The van der Waals surface area contributed by atoms with Crippen molar-refractivity contribution in [2.75, 3.05) is 6.54 Å². The maximum atomic E-state index is 14.6. The normalized spacial score (nSPS) is 13.0. The summed E-state index contributed by atoms with van der Waals surface area (Å²) in [6, 6.07) is 13.2. The van der Waals surface area contributed by atoms with E-state index in [4.69, 9.17) is 9.72 Å². The predicted octanol–water partition coefficient (Wildman–Crippen LogP) is 7.07. The number of carbonyl (C=O) groups is 1. The number of nitrogens with one attached hydrogen (secondary N) is 1. The first-order chi connectivity index (χ1) is 17.3. The van der Waals surface area contributed by atoms with Gasteiger partial charge in [-0.15, -0.1) is 0 Å². The highest BCUT2D eigenvalue weighted by Gasteiger charge is 2.31. The minimum atomic E-state index is -0.514. The van der Waals surface area contributed by atoms with Gasteiger partial charge in [0, 0.05) is 24.7 Å². The fourth-order valence-electron chi connectivity index (χ4n) is 4.21. The van der Waals surface area contributed by atoms with Gasteiger partial charge in [-0.2, -0.15) is 0 Å².